The summed E-state index contributed by atoms with van der Waals surface area (Å²) >= 11 is 5.75. The molecule has 0 amide bonds. The van der Waals surface area contributed by atoms with Gasteiger partial charge in [0.2, 0.25) is 5.82 Å². The maximum atomic E-state index is 14.3. The van der Waals surface area contributed by atoms with Gasteiger partial charge in [-0.25, -0.2) is 4.39 Å². The zero-order valence-electron chi connectivity index (χ0n) is 14.6. The molecule has 1 unspecified atom stereocenters. The molecule has 1 saturated carbocycles. The van der Waals surface area contributed by atoms with Crippen LogP contribution in [0.4, 0.5) is 8.78 Å². The van der Waals surface area contributed by atoms with Gasteiger partial charge in [-0.1, -0.05) is 25.3 Å². The number of hydrogen-bond donors (Lipinski definition) is 0. The van der Waals surface area contributed by atoms with Gasteiger partial charge in [0.25, 0.3) is 6.72 Å². The molecule has 7 heteroatoms. The van der Waals surface area contributed by atoms with Gasteiger partial charge in [-0.3, -0.25) is 4.57 Å². The molecule has 0 bridgehead atoms. The number of halogens is 3. The van der Waals surface area contributed by atoms with Crippen molar-refractivity contribution in [2.75, 3.05) is 19.4 Å². The van der Waals surface area contributed by atoms with Crippen molar-refractivity contribution in [2.24, 2.45) is 0 Å². The molecular weight excluding hydrogens is 369 g/mol. The summed E-state index contributed by atoms with van der Waals surface area (Å²) in [7, 11) is 0. The Hall–Kier alpha value is -0.640. The number of hydrogen-bond acceptors (Lipinski definition) is 3. The van der Waals surface area contributed by atoms with Crippen LogP contribution in [0.3, 0.4) is 0 Å². The Morgan fingerprint density at radius 2 is 1.88 bits per heavy atom. The molecule has 25 heavy (non-hydrogen) atoms. The SMILES string of the molecule is CCOP(=O)(Cl)CCCCOc1ccc(C2CCCCC2)c(F)c1F. The predicted octanol–water partition coefficient (Wildman–Crippen LogP) is 6.64. The van der Waals surface area contributed by atoms with Crippen LogP contribution in [0.15, 0.2) is 12.1 Å². The summed E-state index contributed by atoms with van der Waals surface area (Å²) in [6.07, 6.45) is 6.43. The van der Waals surface area contributed by atoms with E-state index in [9.17, 15) is 13.3 Å². The summed E-state index contributed by atoms with van der Waals surface area (Å²) in [5.74, 6) is -1.67. The van der Waals surface area contributed by atoms with Gasteiger partial charge in [-0.15, -0.1) is 0 Å². The molecule has 0 aromatic heterocycles. The Kier molecular flexibility index (Phi) is 8.18. The quantitative estimate of drug-likeness (QED) is 0.348. The third-order valence-corrected chi connectivity index (χ3v) is 6.81. The average molecular weight is 395 g/mol. The Bertz CT molecular complexity index is 606. The van der Waals surface area contributed by atoms with Crippen LogP contribution >= 0.6 is 18.0 Å². The van der Waals surface area contributed by atoms with Crippen molar-refractivity contribution in [3.8, 4) is 5.75 Å². The second kappa shape index (κ2) is 9.89. The highest BCUT2D eigenvalue weighted by Gasteiger charge is 2.23. The first kappa shape index (κ1) is 20.7. The van der Waals surface area contributed by atoms with Crippen molar-refractivity contribution in [1.82, 2.24) is 0 Å². The van der Waals surface area contributed by atoms with Crippen molar-refractivity contribution in [2.45, 2.75) is 57.8 Å². The molecule has 1 aromatic rings. The van der Waals surface area contributed by atoms with Crippen LogP contribution in [-0.4, -0.2) is 19.4 Å². The highest BCUT2D eigenvalue weighted by Crippen LogP contribution is 2.52. The highest BCUT2D eigenvalue weighted by atomic mass is 35.7. The molecule has 0 saturated heterocycles. The zero-order chi connectivity index (χ0) is 18.3. The van der Waals surface area contributed by atoms with Crippen LogP contribution in [0, 0.1) is 11.6 Å². The van der Waals surface area contributed by atoms with Gasteiger partial charge >= 0.3 is 0 Å². The Balaban J connectivity index is 1.84. The third kappa shape index (κ3) is 6.23. The van der Waals surface area contributed by atoms with E-state index in [0.717, 1.165) is 25.7 Å². The van der Waals surface area contributed by atoms with Crippen LogP contribution in [0.1, 0.15) is 63.4 Å². The molecule has 142 valence electrons. The molecule has 1 aliphatic carbocycles. The number of unbranched alkanes of at least 4 members (excludes halogenated alkanes) is 1. The van der Waals surface area contributed by atoms with E-state index in [2.05, 4.69) is 0 Å². The van der Waals surface area contributed by atoms with Crippen LogP contribution < -0.4 is 4.74 Å². The standard InChI is InChI=1S/C18H26ClF2O3P/c1-2-24-25(19,22)13-7-6-12-23-16-11-10-15(17(20)18(16)21)14-8-4-3-5-9-14/h10-11,14H,2-9,12-13H2,1H3. The molecule has 1 aromatic carbocycles. The molecular formula is C18H26ClF2O3P. The van der Waals surface area contributed by atoms with Crippen molar-refractivity contribution >= 4 is 18.0 Å². The minimum absolute atomic E-state index is 0.0732. The van der Waals surface area contributed by atoms with E-state index < -0.39 is 18.4 Å². The van der Waals surface area contributed by atoms with E-state index in [1.165, 1.54) is 12.5 Å². The summed E-state index contributed by atoms with van der Waals surface area (Å²) in [4.78, 5) is 0. The summed E-state index contributed by atoms with van der Waals surface area (Å²) in [5, 5.41) is 0. The van der Waals surface area contributed by atoms with Gasteiger partial charge in [0.1, 0.15) is 0 Å². The van der Waals surface area contributed by atoms with E-state index in [1.54, 1.807) is 13.0 Å². The molecule has 0 heterocycles. The molecule has 1 atom stereocenters. The van der Waals surface area contributed by atoms with E-state index in [1.807, 2.05) is 0 Å². The average Bonchev–Trinajstić information content (AvgIpc) is 2.59. The molecule has 1 aliphatic rings. The first-order valence-electron chi connectivity index (χ1n) is 8.98. The van der Waals surface area contributed by atoms with Gasteiger partial charge in [0.05, 0.1) is 13.2 Å². The van der Waals surface area contributed by atoms with Crippen molar-refractivity contribution in [1.29, 1.82) is 0 Å². The molecule has 0 spiro atoms. The lowest BCUT2D eigenvalue weighted by Gasteiger charge is -2.23. The lowest BCUT2D eigenvalue weighted by molar-refractivity contribution is 0.286. The molecule has 0 aliphatic heterocycles. The summed E-state index contributed by atoms with van der Waals surface area (Å²) in [5.41, 5.74) is 0.462. The topological polar surface area (TPSA) is 35.5 Å². The molecule has 0 radical (unpaired) electrons. The number of benzene rings is 1. The fourth-order valence-electron chi connectivity index (χ4n) is 3.23. The molecule has 2 rings (SSSR count). The maximum absolute atomic E-state index is 14.3. The van der Waals surface area contributed by atoms with Crippen LogP contribution in [0.25, 0.3) is 0 Å². The van der Waals surface area contributed by atoms with E-state index in [0.29, 0.717) is 25.0 Å². The maximum Gasteiger partial charge on any atom is 0.290 e. The highest BCUT2D eigenvalue weighted by molar-refractivity contribution is 7.85. The first-order chi connectivity index (χ1) is 11.9. The minimum Gasteiger partial charge on any atom is -0.490 e. The van der Waals surface area contributed by atoms with E-state index in [-0.39, 0.29) is 24.4 Å². The summed E-state index contributed by atoms with van der Waals surface area (Å²) in [6.45, 7) is -0.822. The second-order valence-electron chi connectivity index (χ2n) is 6.40. The minimum atomic E-state index is -3.06. The number of rotatable bonds is 9. The largest absolute Gasteiger partial charge is 0.490 e. The Labute approximate surface area is 153 Å². The fourth-order valence-corrected chi connectivity index (χ4v) is 5.00. The normalized spacial score (nSPS) is 18.1. The smallest absolute Gasteiger partial charge is 0.290 e. The van der Waals surface area contributed by atoms with Gasteiger partial charge < -0.3 is 9.26 Å². The van der Waals surface area contributed by atoms with Crippen LogP contribution in [0.2, 0.25) is 0 Å². The lowest BCUT2D eigenvalue weighted by Crippen LogP contribution is -2.09. The fraction of sp³-hybridized carbons (Fsp3) is 0.667. The van der Waals surface area contributed by atoms with Gasteiger partial charge in [0.15, 0.2) is 11.6 Å². The van der Waals surface area contributed by atoms with Crippen molar-refractivity contribution in [3.63, 3.8) is 0 Å². The molecule has 1 fully saturated rings. The van der Waals surface area contributed by atoms with Crippen molar-refractivity contribution in [3.05, 3.63) is 29.3 Å². The van der Waals surface area contributed by atoms with Crippen molar-refractivity contribution < 1.29 is 22.6 Å². The monoisotopic (exact) mass is 394 g/mol. The van der Waals surface area contributed by atoms with Crippen LogP contribution in [0.5, 0.6) is 5.75 Å². The second-order valence-corrected chi connectivity index (χ2v) is 9.83. The van der Waals surface area contributed by atoms with E-state index in [4.69, 9.17) is 20.5 Å². The van der Waals surface area contributed by atoms with Gasteiger partial charge in [0, 0.05) is 6.16 Å². The van der Waals surface area contributed by atoms with E-state index >= 15 is 0 Å². The summed E-state index contributed by atoms with van der Waals surface area (Å²) < 4.78 is 50.6. The van der Waals surface area contributed by atoms with Gasteiger partial charge in [-0.2, -0.15) is 4.39 Å². The Morgan fingerprint density at radius 3 is 2.56 bits per heavy atom. The molecule has 3 nitrogen and oxygen atoms in total. The molecule has 0 N–H and O–H groups in total. The Morgan fingerprint density at radius 1 is 1.16 bits per heavy atom. The number of ether oxygens (including phenoxy) is 1. The lowest BCUT2D eigenvalue weighted by atomic mass is 9.84. The predicted molar refractivity (Wildman–Crippen MR) is 96.9 cm³/mol. The van der Waals surface area contributed by atoms with Gasteiger partial charge in [-0.05, 0) is 61.4 Å². The zero-order valence-corrected chi connectivity index (χ0v) is 16.3. The van der Waals surface area contributed by atoms with Crippen LogP contribution in [-0.2, 0) is 9.09 Å². The third-order valence-electron chi connectivity index (χ3n) is 4.52. The first-order valence-corrected chi connectivity index (χ1v) is 11.7. The summed E-state index contributed by atoms with van der Waals surface area (Å²) in [6, 6.07) is 3.15.